The van der Waals surface area contributed by atoms with E-state index >= 15 is 0 Å². The van der Waals surface area contributed by atoms with Gasteiger partial charge in [-0.1, -0.05) is 19.1 Å². The highest BCUT2D eigenvalue weighted by Crippen LogP contribution is 2.27. The number of hydrogen-bond donors (Lipinski definition) is 2. The smallest absolute Gasteiger partial charge is 0.240 e. The van der Waals surface area contributed by atoms with Gasteiger partial charge in [-0.15, -0.1) is 0 Å². The lowest BCUT2D eigenvalue weighted by molar-refractivity contribution is 0.232. The summed E-state index contributed by atoms with van der Waals surface area (Å²) in [5, 5.41) is 3.27. The molecule has 1 aliphatic heterocycles. The van der Waals surface area contributed by atoms with Crippen molar-refractivity contribution in [2.75, 3.05) is 25.9 Å². The SMILES string of the molecule is CC1(CNS(=O)(=O)c2ccc(CS(C)(=O)=O)cc2)CCNCC1. The molecule has 2 rings (SSSR count). The van der Waals surface area contributed by atoms with E-state index in [9.17, 15) is 16.8 Å². The van der Waals surface area contributed by atoms with Crippen LogP contribution in [0.25, 0.3) is 0 Å². The summed E-state index contributed by atoms with van der Waals surface area (Å²) in [5.41, 5.74) is 0.547. The van der Waals surface area contributed by atoms with Gasteiger partial charge in [-0.25, -0.2) is 21.6 Å². The average Bonchev–Trinajstić information content (AvgIpc) is 2.45. The highest BCUT2D eigenvalue weighted by molar-refractivity contribution is 7.90. The third-order valence-electron chi connectivity index (χ3n) is 4.16. The number of rotatable bonds is 6. The lowest BCUT2D eigenvalue weighted by atomic mass is 9.81. The largest absolute Gasteiger partial charge is 0.317 e. The van der Waals surface area contributed by atoms with Crippen molar-refractivity contribution in [2.24, 2.45) is 5.41 Å². The lowest BCUT2D eigenvalue weighted by Crippen LogP contribution is -2.42. The van der Waals surface area contributed by atoms with Gasteiger partial charge in [0.05, 0.1) is 10.6 Å². The minimum Gasteiger partial charge on any atom is -0.317 e. The molecule has 1 aliphatic rings. The van der Waals surface area contributed by atoms with Gasteiger partial charge in [-0.05, 0) is 49.0 Å². The van der Waals surface area contributed by atoms with Gasteiger partial charge in [-0.2, -0.15) is 0 Å². The molecule has 1 aromatic rings. The van der Waals surface area contributed by atoms with Crippen molar-refractivity contribution < 1.29 is 16.8 Å². The van der Waals surface area contributed by atoms with Crippen LogP contribution in [-0.4, -0.2) is 42.7 Å². The summed E-state index contributed by atoms with van der Waals surface area (Å²) < 4.78 is 49.9. The fourth-order valence-corrected chi connectivity index (χ4v) is 4.62. The maximum atomic E-state index is 12.4. The third kappa shape index (κ3) is 5.56. The molecule has 0 spiro atoms. The first-order valence-electron chi connectivity index (χ1n) is 7.57. The molecule has 6 nitrogen and oxygen atoms in total. The summed E-state index contributed by atoms with van der Waals surface area (Å²) in [7, 11) is -6.71. The Morgan fingerprint density at radius 2 is 1.65 bits per heavy atom. The van der Waals surface area contributed by atoms with Crippen LogP contribution in [0.15, 0.2) is 29.2 Å². The Kier molecular flexibility index (Phi) is 5.50. The predicted molar refractivity (Wildman–Crippen MR) is 90.4 cm³/mol. The fraction of sp³-hybridized carbons (Fsp3) is 0.600. The molecule has 0 unspecified atom stereocenters. The molecule has 1 fully saturated rings. The van der Waals surface area contributed by atoms with Crippen LogP contribution in [0.5, 0.6) is 0 Å². The van der Waals surface area contributed by atoms with Crippen LogP contribution in [0.2, 0.25) is 0 Å². The fourth-order valence-electron chi connectivity index (χ4n) is 2.63. The molecular formula is C15H24N2O4S2. The molecule has 1 heterocycles. The monoisotopic (exact) mass is 360 g/mol. The van der Waals surface area contributed by atoms with Crippen LogP contribution >= 0.6 is 0 Å². The van der Waals surface area contributed by atoms with Crippen molar-refractivity contribution in [2.45, 2.75) is 30.4 Å². The van der Waals surface area contributed by atoms with Gasteiger partial charge >= 0.3 is 0 Å². The Morgan fingerprint density at radius 1 is 1.09 bits per heavy atom. The van der Waals surface area contributed by atoms with Crippen molar-refractivity contribution in [3.8, 4) is 0 Å². The second kappa shape index (κ2) is 6.88. The first kappa shape index (κ1) is 18.4. The van der Waals surface area contributed by atoms with E-state index in [-0.39, 0.29) is 16.1 Å². The van der Waals surface area contributed by atoms with Crippen molar-refractivity contribution in [3.05, 3.63) is 29.8 Å². The molecule has 0 atom stereocenters. The average molecular weight is 361 g/mol. The quantitative estimate of drug-likeness (QED) is 0.786. The summed E-state index contributed by atoms with van der Waals surface area (Å²) in [5.74, 6) is -0.0914. The lowest BCUT2D eigenvalue weighted by Gasteiger charge is -2.34. The highest BCUT2D eigenvalue weighted by Gasteiger charge is 2.28. The Hall–Kier alpha value is -0.960. The van der Waals surface area contributed by atoms with E-state index in [2.05, 4.69) is 17.0 Å². The predicted octanol–water partition coefficient (Wildman–Crippen LogP) is 0.899. The Balaban J connectivity index is 2.04. The molecule has 130 valence electrons. The topological polar surface area (TPSA) is 92.3 Å². The van der Waals surface area contributed by atoms with Gasteiger partial charge in [0.1, 0.15) is 0 Å². The molecule has 1 aromatic carbocycles. The molecule has 23 heavy (non-hydrogen) atoms. The maximum Gasteiger partial charge on any atom is 0.240 e. The molecule has 0 saturated carbocycles. The molecule has 2 N–H and O–H groups in total. The number of piperidine rings is 1. The van der Waals surface area contributed by atoms with Gasteiger partial charge in [-0.3, -0.25) is 0 Å². The van der Waals surface area contributed by atoms with Gasteiger partial charge < -0.3 is 5.32 Å². The summed E-state index contributed by atoms with van der Waals surface area (Å²) in [6.07, 6.45) is 3.02. The molecule has 0 bridgehead atoms. The summed E-state index contributed by atoms with van der Waals surface area (Å²) in [6, 6.07) is 5.99. The molecule has 8 heteroatoms. The van der Waals surface area contributed by atoms with E-state index in [1.54, 1.807) is 12.1 Å². The highest BCUT2D eigenvalue weighted by atomic mass is 32.2. The molecule has 1 saturated heterocycles. The first-order valence-corrected chi connectivity index (χ1v) is 11.1. The van der Waals surface area contributed by atoms with Gasteiger partial charge in [0.2, 0.25) is 10.0 Å². The maximum absolute atomic E-state index is 12.4. The Morgan fingerprint density at radius 3 is 2.17 bits per heavy atom. The van der Waals surface area contributed by atoms with Crippen LogP contribution in [0, 0.1) is 5.41 Å². The minimum atomic E-state index is -3.58. The van der Waals surface area contributed by atoms with Crippen LogP contribution in [0.3, 0.4) is 0 Å². The van der Waals surface area contributed by atoms with Crippen LogP contribution < -0.4 is 10.0 Å². The van der Waals surface area contributed by atoms with Crippen molar-refractivity contribution in [1.29, 1.82) is 0 Å². The van der Waals surface area contributed by atoms with Crippen molar-refractivity contribution in [3.63, 3.8) is 0 Å². The number of hydrogen-bond acceptors (Lipinski definition) is 5. The second-order valence-electron chi connectivity index (χ2n) is 6.60. The first-order chi connectivity index (χ1) is 10.6. The molecule has 0 radical (unpaired) electrons. The number of nitrogens with one attached hydrogen (secondary N) is 2. The number of sulfone groups is 1. The second-order valence-corrected chi connectivity index (χ2v) is 10.5. The zero-order valence-electron chi connectivity index (χ0n) is 13.5. The van der Waals surface area contributed by atoms with Crippen LogP contribution in [-0.2, 0) is 25.6 Å². The van der Waals surface area contributed by atoms with Gasteiger partial charge in [0.15, 0.2) is 9.84 Å². The molecule has 0 aliphatic carbocycles. The van der Waals surface area contributed by atoms with Gasteiger partial charge in [0, 0.05) is 12.8 Å². The zero-order chi connectivity index (χ0) is 17.1. The van der Waals surface area contributed by atoms with E-state index in [0.717, 1.165) is 32.2 Å². The minimum absolute atomic E-state index is 0.0332. The molecule has 0 amide bonds. The Labute approximate surface area is 138 Å². The number of benzene rings is 1. The third-order valence-corrected chi connectivity index (χ3v) is 6.44. The van der Waals surface area contributed by atoms with E-state index in [4.69, 9.17) is 0 Å². The summed E-state index contributed by atoms with van der Waals surface area (Å²) in [6.45, 7) is 4.30. The zero-order valence-corrected chi connectivity index (χ0v) is 15.1. The van der Waals surface area contributed by atoms with Gasteiger partial charge in [0.25, 0.3) is 0 Å². The van der Waals surface area contributed by atoms with Crippen molar-refractivity contribution in [1.82, 2.24) is 10.0 Å². The molecular weight excluding hydrogens is 336 g/mol. The summed E-state index contributed by atoms with van der Waals surface area (Å²) >= 11 is 0. The van der Waals surface area contributed by atoms with E-state index in [1.165, 1.54) is 12.1 Å². The van der Waals surface area contributed by atoms with E-state index in [0.29, 0.717) is 12.1 Å². The standard InChI is InChI=1S/C15H24N2O4S2/c1-15(7-9-16-10-8-15)12-17-23(20,21)14-5-3-13(4-6-14)11-22(2,18)19/h3-6,16-17H,7-12H2,1-2H3. The van der Waals surface area contributed by atoms with E-state index in [1.807, 2.05) is 0 Å². The van der Waals surface area contributed by atoms with Crippen LogP contribution in [0.4, 0.5) is 0 Å². The molecule has 0 aromatic heterocycles. The number of sulfonamides is 1. The Bertz CT molecular complexity index is 734. The summed E-state index contributed by atoms with van der Waals surface area (Å²) in [4.78, 5) is 0.160. The van der Waals surface area contributed by atoms with E-state index < -0.39 is 19.9 Å². The van der Waals surface area contributed by atoms with Crippen LogP contribution in [0.1, 0.15) is 25.3 Å². The van der Waals surface area contributed by atoms with Crippen molar-refractivity contribution >= 4 is 19.9 Å². The normalized spacial score (nSPS) is 18.7.